The average molecular weight is 227 g/mol. The third-order valence-electron chi connectivity index (χ3n) is 2.70. The van der Waals surface area contributed by atoms with E-state index in [1.165, 1.54) is 18.1 Å². The molecule has 82 valence electrons. The minimum atomic E-state index is -0.688. The number of thioether (sulfide) groups is 1. The van der Waals surface area contributed by atoms with Crippen LogP contribution in [0.5, 0.6) is 0 Å². The molecule has 0 bridgehead atoms. The SMILES string of the molecule is Cn1ncnc1SC1CCCC1C(=O)O. The first-order valence-electron chi connectivity index (χ1n) is 4.92. The summed E-state index contributed by atoms with van der Waals surface area (Å²) in [6, 6.07) is 0. The van der Waals surface area contributed by atoms with Crippen molar-refractivity contribution in [1.29, 1.82) is 0 Å². The molecule has 1 N–H and O–H groups in total. The molecule has 2 atom stereocenters. The first kappa shape index (κ1) is 10.5. The molecule has 0 saturated heterocycles. The van der Waals surface area contributed by atoms with E-state index in [0.29, 0.717) is 0 Å². The summed E-state index contributed by atoms with van der Waals surface area (Å²) in [5.41, 5.74) is 0. The molecule has 1 saturated carbocycles. The zero-order valence-corrected chi connectivity index (χ0v) is 9.28. The Hall–Kier alpha value is -1.04. The molecule has 1 aliphatic carbocycles. The molecule has 1 heterocycles. The fraction of sp³-hybridized carbons (Fsp3) is 0.667. The summed E-state index contributed by atoms with van der Waals surface area (Å²) in [6.45, 7) is 0. The van der Waals surface area contributed by atoms with Crippen molar-refractivity contribution >= 4 is 17.7 Å². The fourth-order valence-electron chi connectivity index (χ4n) is 1.88. The smallest absolute Gasteiger partial charge is 0.307 e. The molecule has 0 spiro atoms. The Kier molecular flexibility index (Phi) is 2.95. The van der Waals surface area contributed by atoms with Crippen molar-refractivity contribution in [2.75, 3.05) is 0 Å². The van der Waals surface area contributed by atoms with Gasteiger partial charge in [0.1, 0.15) is 6.33 Å². The van der Waals surface area contributed by atoms with Gasteiger partial charge in [-0.05, 0) is 12.8 Å². The number of hydrogen-bond acceptors (Lipinski definition) is 4. The highest BCUT2D eigenvalue weighted by atomic mass is 32.2. The Morgan fingerprint density at radius 1 is 1.67 bits per heavy atom. The predicted molar refractivity (Wildman–Crippen MR) is 55.6 cm³/mol. The number of aromatic nitrogens is 3. The van der Waals surface area contributed by atoms with E-state index in [1.54, 1.807) is 4.68 Å². The van der Waals surface area contributed by atoms with E-state index in [1.807, 2.05) is 7.05 Å². The lowest BCUT2D eigenvalue weighted by Gasteiger charge is -2.13. The zero-order chi connectivity index (χ0) is 10.8. The normalized spacial score (nSPS) is 25.7. The minimum Gasteiger partial charge on any atom is -0.481 e. The summed E-state index contributed by atoms with van der Waals surface area (Å²) >= 11 is 1.53. The second kappa shape index (κ2) is 4.22. The van der Waals surface area contributed by atoms with Crippen LogP contribution in [0.25, 0.3) is 0 Å². The van der Waals surface area contributed by atoms with Crippen LogP contribution in [0.4, 0.5) is 0 Å². The highest BCUT2D eigenvalue weighted by Gasteiger charge is 2.34. The third-order valence-corrected chi connectivity index (χ3v) is 4.14. The summed E-state index contributed by atoms with van der Waals surface area (Å²) in [7, 11) is 1.82. The Morgan fingerprint density at radius 2 is 2.47 bits per heavy atom. The summed E-state index contributed by atoms with van der Waals surface area (Å²) in [5.74, 6) is -0.918. The molecular weight excluding hydrogens is 214 g/mol. The van der Waals surface area contributed by atoms with Crippen LogP contribution >= 0.6 is 11.8 Å². The predicted octanol–water partition coefficient (Wildman–Crippen LogP) is 1.16. The zero-order valence-electron chi connectivity index (χ0n) is 8.46. The first-order chi connectivity index (χ1) is 7.18. The van der Waals surface area contributed by atoms with E-state index in [4.69, 9.17) is 5.11 Å². The molecule has 0 aliphatic heterocycles. The van der Waals surface area contributed by atoms with Gasteiger partial charge in [0.05, 0.1) is 5.92 Å². The highest BCUT2D eigenvalue weighted by molar-refractivity contribution is 7.99. The van der Waals surface area contributed by atoms with Gasteiger partial charge in [0.2, 0.25) is 0 Å². The maximum Gasteiger partial charge on any atom is 0.307 e. The van der Waals surface area contributed by atoms with E-state index in [0.717, 1.165) is 24.4 Å². The second-order valence-corrected chi connectivity index (χ2v) is 4.90. The van der Waals surface area contributed by atoms with Crippen molar-refractivity contribution < 1.29 is 9.90 Å². The molecule has 2 rings (SSSR count). The van der Waals surface area contributed by atoms with Crippen molar-refractivity contribution in [2.45, 2.75) is 29.7 Å². The highest BCUT2D eigenvalue weighted by Crippen LogP contribution is 2.38. The Balaban J connectivity index is 2.06. The molecule has 0 amide bonds. The lowest BCUT2D eigenvalue weighted by atomic mass is 10.1. The van der Waals surface area contributed by atoms with Gasteiger partial charge in [0.15, 0.2) is 5.16 Å². The topological polar surface area (TPSA) is 68.0 Å². The number of carboxylic acid groups (broad SMARTS) is 1. The van der Waals surface area contributed by atoms with Crippen molar-refractivity contribution in [3.05, 3.63) is 6.33 Å². The van der Waals surface area contributed by atoms with Gasteiger partial charge >= 0.3 is 5.97 Å². The Bertz CT molecular complexity index is 366. The van der Waals surface area contributed by atoms with Gasteiger partial charge in [0.25, 0.3) is 0 Å². The van der Waals surface area contributed by atoms with E-state index < -0.39 is 5.97 Å². The standard InChI is InChI=1S/C9H13N3O2S/c1-12-9(10-5-11-12)15-7-4-2-3-6(7)8(13)14/h5-7H,2-4H2,1H3,(H,13,14). The van der Waals surface area contributed by atoms with Crippen LogP contribution in [0.3, 0.4) is 0 Å². The largest absolute Gasteiger partial charge is 0.481 e. The quantitative estimate of drug-likeness (QED) is 0.839. The summed E-state index contributed by atoms with van der Waals surface area (Å²) in [6.07, 6.45) is 4.22. The number of nitrogens with zero attached hydrogens (tertiary/aromatic N) is 3. The van der Waals surface area contributed by atoms with Crippen molar-refractivity contribution in [2.24, 2.45) is 13.0 Å². The number of rotatable bonds is 3. The van der Waals surface area contributed by atoms with E-state index in [-0.39, 0.29) is 11.2 Å². The molecule has 1 aromatic heterocycles. The molecule has 0 aromatic carbocycles. The number of aliphatic carboxylic acids is 1. The molecule has 2 unspecified atom stereocenters. The van der Waals surface area contributed by atoms with E-state index in [9.17, 15) is 4.79 Å². The number of carbonyl (C=O) groups is 1. The summed E-state index contributed by atoms with van der Waals surface area (Å²) in [5, 5.41) is 13.9. The van der Waals surface area contributed by atoms with Crippen LogP contribution in [0, 0.1) is 5.92 Å². The Labute approximate surface area is 91.9 Å². The van der Waals surface area contributed by atoms with Crippen LogP contribution in [0.15, 0.2) is 11.5 Å². The van der Waals surface area contributed by atoms with Crippen LogP contribution in [-0.2, 0) is 11.8 Å². The van der Waals surface area contributed by atoms with Crippen LogP contribution in [0.2, 0.25) is 0 Å². The first-order valence-corrected chi connectivity index (χ1v) is 5.80. The van der Waals surface area contributed by atoms with E-state index in [2.05, 4.69) is 10.1 Å². The number of carboxylic acids is 1. The molecule has 1 aliphatic rings. The monoisotopic (exact) mass is 227 g/mol. The van der Waals surface area contributed by atoms with Crippen LogP contribution in [-0.4, -0.2) is 31.1 Å². The van der Waals surface area contributed by atoms with Crippen molar-refractivity contribution in [3.8, 4) is 0 Å². The van der Waals surface area contributed by atoms with Gasteiger partial charge in [-0.15, -0.1) is 0 Å². The Morgan fingerprint density at radius 3 is 3.07 bits per heavy atom. The van der Waals surface area contributed by atoms with Gasteiger partial charge < -0.3 is 5.11 Å². The third kappa shape index (κ3) is 2.14. The summed E-state index contributed by atoms with van der Waals surface area (Å²) in [4.78, 5) is 15.1. The van der Waals surface area contributed by atoms with Gasteiger partial charge in [-0.1, -0.05) is 18.2 Å². The average Bonchev–Trinajstić information content (AvgIpc) is 2.77. The lowest BCUT2D eigenvalue weighted by Crippen LogP contribution is -2.20. The van der Waals surface area contributed by atoms with Crippen molar-refractivity contribution in [3.63, 3.8) is 0 Å². The van der Waals surface area contributed by atoms with Crippen molar-refractivity contribution in [1.82, 2.24) is 14.8 Å². The van der Waals surface area contributed by atoms with Gasteiger partial charge in [0, 0.05) is 12.3 Å². The lowest BCUT2D eigenvalue weighted by molar-refractivity contribution is -0.141. The molecule has 15 heavy (non-hydrogen) atoms. The molecule has 1 aromatic rings. The maximum atomic E-state index is 11.0. The second-order valence-electron chi connectivity index (χ2n) is 3.70. The van der Waals surface area contributed by atoms with Gasteiger partial charge in [-0.25, -0.2) is 9.67 Å². The molecule has 6 heteroatoms. The maximum absolute atomic E-state index is 11.0. The number of hydrogen-bond donors (Lipinski definition) is 1. The van der Waals surface area contributed by atoms with Crippen LogP contribution < -0.4 is 0 Å². The number of aryl methyl sites for hydroxylation is 1. The van der Waals surface area contributed by atoms with Gasteiger partial charge in [-0.2, -0.15) is 5.10 Å². The fourth-order valence-corrected chi connectivity index (χ4v) is 3.16. The molecular formula is C9H13N3O2S. The molecule has 5 nitrogen and oxygen atoms in total. The van der Waals surface area contributed by atoms with E-state index >= 15 is 0 Å². The minimum absolute atomic E-state index is 0.144. The molecule has 0 radical (unpaired) electrons. The molecule has 1 fully saturated rings. The van der Waals surface area contributed by atoms with Crippen LogP contribution in [0.1, 0.15) is 19.3 Å². The summed E-state index contributed by atoms with van der Waals surface area (Å²) < 4.78 is 1.68. The van der Waals surface area contributed by atoms with Gasteiger partial charge in [-0.3, -0.25) is 4.79 Å².